The molecule has 0 aliphatic heterocycles. The molecule has 18 heavy (non-hydrogen) atoms. The number of aromatic nitrogens is 4. The molecule has 2 aromatic heterocycles. The summed E-state index contributed by atoms with van der Waals surface area (Å²) in [5, 5.41) is 0. The summed E-state index contributed by atoms with van der Waals surface area (Å²) in [5.41, 5.74) is 0.827. The maximum absolute atomic E-state index is 11.2. The predicted molar refractivity (Wildman–Crippen MR) is 60.9 cm³/mol. The fraction of sp³-hybridized carbons (Fsp3) is 0.182. The van der Waals surface area contributed by atoms with Crippen LogP contribution < -0.4 is 4.74 Å². The number of methoxy groups -OCH3 is 2. The Morgan fingerprint density at radius 2 is 1.83 bits per heavy atom. The van der Waals surface area contributed by atoms with Crippen LogP contribution >= 0.6 is 0 Å². The first kappa shape index (κ1) is 11.9. The van der Waals surface area contributed by atoms with Crippen molar-refractivity contribution < 1.29 is 14.3 Å². The summed E-state index contributed by atoms with van der Waals surface area (Å²) < 4.78 is 9.63. The van der Waals surface area contributed by atoms with Gasteiger partial charge in [-0.2, -0.15) is 0 Å². The second kappa shape index (κ2) is 5.17. The molecule has 0 saturated heterocycles. The van der Waals surface area contributed by atoms with Gasteiger partial charge in [0.05, 0.1) is 25.3 Å². The Kier molecular flexibility index (Phi) is 3.42. The lowest BCUT2D eigenvalue weighted by atomic mass is 10.3. The molecule has 0 saturated carbocycles. The standard InChI is InChI=1S/C11H10N4O3/c1-17-10-8(5-12-6-15-10)9-13-3-7(4-14-9)11(16)18-2/h3-6H,1-2H3. The van der Waals surface area contributed by atoms with Gasteiger partial charge in [-0.15, -0.1) is 0 Å². The average Bonchev–Trinajstić information content (AvgIpc) is 2.46. The molecule has 2 heterocycles. The van der Waals surface area contributed by atoms with Crippen molar-refractivity contribution in [2.24, 2.45) is 0 Å². The Labute approximate surface area is 103 Å². The van der Waals surface area contributed by atoms with Crippen molar-refractivity contribution in [1.29, 1.82) is 0 Å². The molecule has 2 aromatic rings. The van der Waals surface area contributed by atoms with Crippen LogP contribution in [0.15, 0.2) is 24.9 Å². The van der Waals surface area contributed by atoms with Gasteiger partial charge in [-0.1, -0.05) is 0 Å². The molecule has 0 radical (unpaired) electrons. The van der Waals surface area contributed by atoms with E-state index in [0.717, 1.165) is 0 Å². The molecule has 0 aromatic carbocycles. The van der Waals surface area contributed by atoms with Crippen molar-refractivity contribution >= 4 is 5.97 Å². The minimum absolute atomic E-state index is 0.275. The summed E-state index contributed by atoms with van der Waals surface area (Å²) in [6.07, 6.45) is 5.66. The fourth-order valence-electron chi connectivity index (χ4n) is 1.32. The lowest BCUT2D eigenvalue weighted by Crippen LogP contribution is -2.04. The monoisotopic (exact) mass is 246 g/mol. The van der Waals surface area contributed by atoms with Crippen LogP contribution in [-0.2, 0) is 4.74 Å². The molecule has 0 amide bonds. The fourth-order valence-corrected chi connectivity index (χ4v) is 1.32. The summed E-state index contributed by atoms with van der Waals surface area (Å²) >= 11 is 0. The second-order valence-electron chi connectivity index (χ2n) is 3.23. The number of esters is 1. The number of rotatable bonds is 3. The molecular formula is C11H10N4O3. The Morgan fingerprint density at radius 3 is 2.44 bits per heavy atom. The van der Waals surface area contributed by atoms with E-state index >= 15 is 0 Å². The van der Waals surface area contributed by atoms with Gasteiger partial charge in [0, 0.05) is 18.6 Å². The molecule has 0 spiro atoms. The van der Waals surface area contributed by atoms with Crippen LogP contribution in [0.25, 0.3) is 11.4 Å². The van der Waals surface area contributed by atoms with E-state index in [1.807, 2.05) is 0 Å². The van der Waals surface area contributed by atoms with Gasteiger partial charge < -0.3 is 9.47 Å². The van der Waals surface area contributed by atoms with Crippen molar-refractivity contribution in [3.05, 3.63) is 30.5 Å². The van der Waals surface area contributed by atoms with Gasteiger partial charge in [-0.05, 0) is 0 Å². The van der Waals surface area contributed by atoms with Gasteiger partial charge in [0.2, 0.25) is 5.88 Å². The van der Waals surface area contributed by atoms with E-state index in [2.05, 4.69) is 24.7 Å². The predicted octanol–water partition coefficient (Wildman–Crippen LogP) is 0.729. The number of carbonyl (C=O) groups is 1. The highest BCUT2D eigenvalue weighted by Gasteiger charge is 2.12. The number of ether oxygens (including phenoxy) is 2. The summed E-state index contributed by atoms with van der Waals surface area (Å²) in [6.45, 7) is 0. The van der Waals surface area contributed by atoms with Gasteiger partial charge >= 0.3 is 5.97 Å². The van der Waals surface area contributed by atoms with Gasteiger partial charge in [-0.3, -0.25) is 0 Å². The third-order valence-electron chi connectivity index (χ3n) is 2.18. The zero-order chi connectivity index (χ0) is 13.0. The number of carbonyl (C=O) groups excluding carboxylic acids is 1. The maximum atomic E-state index is 11.2. The van der Waals surface area contributed by atoms with E-state index < -0.39 is 5.97 Å². The smallest absolute Gasteiger partial charge is 0.341 e. The van der Waals surface area contributed by atoms with Crippen LogP contribution in [0.4, 0.5) is 0 Å². The van der Waals surface area contributed by atoms with Crippen molar-refractivity contribution in [2.45, 2.75) is 0 Å². The molecule has 92 valence electrons. The highest BCUT2D eigenvalue weighted by atomic mass is 16.5. The largest absolute Gasteiger partial charge is 0.480 e. The van der Waals surface area contributed by atoms with Crippen LogP contribution in [0.2, 0.25) is 0 Å². The first-order valence-corrected chi connectivity index (χ1v) is 5.01. The third kappa shape index (κ3) is 2.24. The van der Waals surface area contributed by atoms with E-state index in [0.29, 0.717) is 17.3 Å². The zero-order valence-corrected chi connectivity index (χ0v) is 9.82. The SMILES string of the molecule is COC(=O)c1cnc(-c2cncnc2OC)nc1. The molecule has 7 nitrogen and oxygen atoms in total. The van der Waals surface area contributed by atoms with E-state index in [4.69, 9.17) is 4.74 Å². The average molecular weight is 246 g/mol. The first-order chi connectivity index (χ1) is 8.76. The Hall–Kier alpha value is -2.57. The molecule has 2 rings (SSSR count). The van der Waals surface area contributed by atoms with E-state index in [1.165, 1.54) is 32.9 Å². The molecule has 0 fully saturated rings. The highest BCUT2D eigenvalue weighted by Crippen LogP contribution is 2.22. The molecule has 0 atom stereocenters. The Balaban J connectivity index is 2.37. The normalized spacial score (nSPS) is 9.89. The van der Waals surface area contributed by atoms with Crippen LogP contribution in [0.5, 0.6) is 5.88 Å². The molecule has 0 N–H and O–H groups in total. The van der Waals surface area contributed by atoms with E-state index in [9.17, 15) is 4.79 Å². The molecule has 0 aliphatic rings. The van der Waals surface area contributed by atoms with Crippen LogP contribution in [0, 0.1) is 0 Å². The highest BCUT2D eigenvalue weighted by molar-refractivity contribution is 5.88. The lowest BCUT2D eigenvalue weighted by molar-refractivity contribution is 0.0600. The van der Waals surface area contributed by atoms with Gasteiger partial charge in [0.1, 0.15) is 6.33 Å². The molecule has 7 heteroatoms. The van der Waals surface area contributed by atoms with E-state index in [1.54, 1.807) is 6.20 Å². The minimum atomic E-state index is -0.488. The summed E-state index contributed by atoms with van der Waals surface area (Å²) in [5.74, 6) is 0.258. The van der Waals surface area contributed by atoms with Crippen molar-refractivity contribution in [1.82, 2.24) is 19.9 Å². The molecule has 0 unspecified atom stereocenters. The van der Waals surface area contributed by atoms with Gasteiger partial charge in [-0.25, -0.2) is 24.7 Å². The number of hydrogen-bond donors (Lipinski definition) is 0. The maximum Gasteiger partial charge on any atom is 0.341 e. The number of hydrogen-bond acceptors (Lipinski definition) is 7. The zero-order valence-electron chi connectivity index (χ0n) is 9.82. The minimum Gasteiger partial charge on any atom is -0.480 e. The Bertz CT molecular complexity index is 556. The molecule has 0 bridgehead atoms. The molecule has 0 aliphatic carbocycles. The van der Waals surface area contributed by atoms with Gasteiger partial charge in [0.25, 0.3) is 0 Å². The topological polar surface area (TPSA) is 87.1 Å². The van der Waals surface area contributed by atoms with Crippen LogP contribution in [-0.4, -0.2) is 40.1 Å². The molecular weight excluding hydrogens is 236 g/mol. The van der Waals surface area contributed by atoms with Crippen molar-refractivity contribution in [3.63, 3.8) is 0 Å². The van der Waals surface area contributed by atoms with Gasteiger partial charge in [0.15, 0.2) is 5.82 Å². The first-order valence-electron chi connectivity index (χ1n) is 5.01. The summed E-state index contributed by atoms with van der Waals surface area (Å²) in [4.78, 5) is 27.2. The van der Waals surface area contributed by atoms with Crippen LogP contribution in [0.3, 0.4) is 0 Å². The second-order valence-corrected chi connectivity index (χ2v) is 3.23. The number of nitrogens with zero attached hydrogens (tertiary/aromatic N) is 4. The van der Waals surface area contributed by atoms with E-state index in [-0.39, 0.29) is 5.56 Å². The lowest BCUT2D eigenvalue weighted by Gasteiger charge is -2.05. The van der Waals surface area contributed by atoms with Crippen molar-refractivity contribution in [3.8, 4) is 17.3 Å². The summed E-state index contributed by atoms with van der Waals surface area (Å²) in [6, 6.07) is 0. The van der Waals surface area contributed by atoms with Crippen LogP contribution in [0.1, 0.15) is 10.4 Å². The Morgan fingerprint density at radius 1 is 1.11 bits per heavy atom. The third-order valence-corrected chi connectivity index (χ3v) is 2.18. The summed E-state index contributed by atoms with van der Waals surface area (Å²) in [7, 11) is 2.79. The van der Waals surface area contributed by atoms with Crippen molar-refractivity contribution in [2.75, 3.05) is 14.2 Å². The quantitative estimate of drug-likeness (QED) is 0.737.